The van der Waals surface area contributed by atoms with Crippen LogP contribution in [0.3, 0.4) is 0 Å². The average molecular weight is 762 g/mol. The maximum absolute atomic E-state index is 3.96. The number of rotatable bonds is 16. The molecule has 0 saturated heterocycles. The lowest BCUT2D eigenvalue weighted by molar-refractivity contribution is 1.05. The van der Waals surface area contributed by atoms with Gasteiger partial charge in [0.25, 0.3) is 0 Å². The van der Waals surface area contributed by atoms with Crippen LogP contribution in [-0.2, 0) is 0 Å². The van der Waals surface area contributed by atoms with Gasteiger partial charge < -0.3 is 4.90 Å². The van der Waals surface area contributed by atoms with E-state index in [2.05, 4.69) is 219 Å². The molecule has 0 aromatic heterocycles. The van der Waals surface area contributed by atoms with Crippen molar-refractivity contribution in [3.05, 3.63) is 226 Å². The lowest BCUT2D eigenvalue weighted by Gasteiger charge is -2.30. The normalized spacial score (nSPS) is 14.2. The van der Waals surface area contributed by atoms with Gasteiger partial charge in [0.2, 0.25) is 0 Å². The van der Waals surface area contributed by atoms with Gasteiger partial charge in [0.15, 0.2) is 0 Å². The molecule has 0 unspecified atom stereocenters. The minimum atomic E-state index is 0.794. The Hall–Kier alpha value is -6.18. The van der Waals surface area contributed by atoms with E-state index in [-0.39, 0.29) is 0 Å². The van der Waals surface area contributed by atoms with Crippen molar-refractivity contribution in [2.24, 2.45) is 0 Å². The van der Waals surface area contributed by atoms with Crippen molar-refractivity contribution in [2.75, 3.05) is 4.90 Å². The van der Waals surface area contributed by atoms with Crippen LogP contribution < -0.4 is 15.3 Å². The Labute approximate surface area is 350 Å². The van der Waals surface area contributed by atoms with Crippen molar-refractivity contribution in [3.63, 3.8) is 0 Å². The molecule has 0 aliphatic heterocycles. The van der Waals surface area contributed by atoms with Gasteiger partial charge in [-0.15, -0.1) is 0 Å². The van der Waals surface area contributed by atoms with Gasteiger partial charge in [-0.1, -0.05) is 171 Å². The van der Waals surface area contributed by atoms with E-state index in [1.807, 2.05) is 31.2 Å². The van der Waals surface area contributed by atoms with Crippen LogP contribution in [0.5, 0.6) is 0 Å². The molecule has 0 fully saturated rings. The van der Waals surface area contributed by atoms with Gasteiger partial charge in [-0.3, -0.25) is 0 Å². The van der Waals surface area contributed by atoms with Crippen molar-refractivity contribution in [2.45, 2.75) is 75.2 Å². The second kappa shape index (κ2) is 22.5. The minimum Gasteiger partial charge on any atom is -0.310 e. The van der Waals surface area contributed by atoms with E-state index in [4.69, 9.17) is 0 Å². The quantitative estimate of drug-likeness (QED) is 0.103. The summed E-state index contributed by atoms with van der Waals surface area (Å²) in [5.41, 5.74) is 16.9. The van der Waals surface area contributed by atoms with Gasteiger partial charge in [0.05, 0.1) is 0 Å². The molecule has 0 bridgehead atoms. The number of hydrogen-bond donors (Lipinski definition) is 0. The van der Waals surface area contributed by atoms with Crippen LogP contribution >= 0.6 is 0 Å². The number of anilines is 2. The van der Waals surface area contributed by atoms with Crippen LogP contribution in [0.1, 0.15) is 83.6 Å². The molecule has 0 saturated carbocycles. The van der Waals surface area contributed by atoms with E-state index >= 15 is 0 Å². The highest BCUT2D eigenvalue weighted by atomic mass is 15.1. The molecule has 4 rings (SSSR count). The molecule has 0 radical (unpaired) electrons. The summed E-state index contributed by atoms with van der Waals surface area (Å²) in [6.07, 6.45) is 31.3. The largest absolute Gasteiger partial charge is 0.310 e. The number of allylic oxidation sites excluding steroid dienone is 15. The van der Waals surface area contributed by atoms with Crippen LogP contribution in [0.15, 0.2) is 193 Å². The monoisotopic (exact) mass is 761 g/mol. The summed E-state index contributed by atoms with van der Waals surface area (Å²) in [4.78, 5) is 2.43. The smallest absolute Gasteiger partial charge is 0.0496 e. The first kappa shape index (κ1) is 44.5. The van der Waals surface area contributed by atoms with Crippen molar-refractivity contribution in [1.82, 2.24) is 0 Å². The standard InChI is InChI=1S/C57H63N/c1-12-18-21-22-23-31-57(53(26-15-4)42(7)16-5)58(51-39-35-49(36-40-51)54-41-32-43(8)52(46(54)11)28-19-13-2)50-37-33-48(34-38-50)44(9)45(10)55(29-20-14-3)56-30-25-24-27-47(56)17-6/h12-15,17-22,24-41H,2-3,16,23H2,1,4-11H3/b18-12-,22-21-,26-15-,28-19-,29-20-,45-44+,47-17-,53-42+,56-55-,57-31+. The molecule has 1 heteroatoms. The SMILES string of the molecule is C=C\C=C/C(C(/C)=C(\C)c1ccc(N(C(=C/C/C=C\C=C/C)/C(/C=C\C)=C(\C)CC)c2ccc(-c3ccc(C)c(/C=C\C=C)c3C)cc2)cc1)=c1\cccc\c1=C\C. The minimum absolute atomic E-state index is 0.794. The summed E-state index contributed by atoms with van der Waals surface area (Å²) in [6, 6.07) is 31.2. The molecular formula is C57H63N. The predicted octanol–water partition coefficient (Wildman–Crippen LogP) is 15.2. The maximum atomic E-state index is 3.96. The van der Waals surface area contributed by atoms with Crippen molar-refractivity contribution in [3.8, 4) is 11.1 Å². The maximum Gasteiger partial charge on any atom is 0.0496 e. The van der Waals surface area contributed by atoms with E-state index in [0.29, 0.717) is 0 Å². The summed E-state index contributed by atoms with van der Waals surface area (Å²) < 4.78 is 0. The third-order valence-corrected chi connectivity index (χ3v) is 10.8. The zero-order valence-corrected chi connectivity index (χ0v) is 36.4. The van der Waals surface area contributed by atoms with E-state index in [1.54, 1.807) is 0 Å². The van der Waals surface area contributed by atoms with Crippen LogP contribution in [0, 0.1) is 13.8 Å². The average Bonchev–Trinajstić information content (AvgIpc) is 3.25. The Bertz CT molecular complexity index is 2430. The van der Waals surface area contributed by atoms with Gasteiger partial charge in [0.1, 0.15) is 0 Å². The van der Waals surface area contributed by atoms with E-state index in [1.165, 1.54) is 71.7 Å². The summed E-state index contributed by atoms with van der Waals surface area (Å²) in [7, 11) is 0. The third-order valence-electron chi connectivity index (χ3n) is 10.8. The summed E-state index contributed by atoms with van der Waals surface area (Å²) in [5.74, 6) is 0. The molecule has 0 atom stereocenters. The van der Waals surface area contributed by atoms with Crippen LogP contribution in [0.25, 0.3) is 34.4 Å². The molecule has 1 nitrogen and oxygen atoms in total. The fourth-order valence-corrected chi connectivity index (χ4v) is 7.24. The zero-order valence-electron chi connectivity index (χ0n) is 36.4. The Kier molecular flexibility index (Phi) is 17.3. The topological polar surface area (TPSA) is 3.24 Å². The number of aryl methyl sites for hydroxylation is 1. The number of benzene rings is 4. The summed E-state index contributed by atoms with van der Waals surface area (Å²) in [5, 5.41) is 2.43. The molecule has 296 valence electrons. The van der Waals surface area contributed by atoms with E-state index < -0.39 is 0 Å². The highest BCUT2D eigenvalue weighted by Gasteiger charge is 2.20. The second-order valence-electron chi connectivity index (χ2n) is 14.5. The number of nitrogens with zero attached hydrogens (tertiary/aromatic N) is 1. The fourth-order valence-electron chi connectivity index (χ4n) is 7.24. The van der Waals surface area contributed by atoms with E-state index in [9.17, 15) is 0 Å². The van der Waals surface area contributed by atoms with Crippen LogP contribution in [0.2, 0.25) is 0 Å². The van der Waals surface area contributed by atoms with Crippen LogP contribution in [0.4, 0.5) is 11.4 Å². The van der Waals surface area contributed by atoms with E-state index in [0.717, 1.165) is 29.9 Å². The summed E-state index contributed by atoms with van der Waals surface area (Å²) in [6.45, 7) is 27.4. The van der Waals surface area contributed by atoms with Crippen molar-refractivity contribution in [1.29, 1.82) is 0 Å². The molecule has 0 N–H and O–H groups in total. The van der Waals surface area contributed by atoms with Gasteiger partial charge in [-0.25, -0.2) is 0 Å². The fraction of sp³-hybridized carbons (Fsp3) is 0.193. The van der Waals surface area contributed by atoms with Gasteiger partial charge in [-0.2, -0.15) is 0 Å². The molecular weight excluding hydrogens is 699 g/mol. The van der Waals surface area contributed by atoms with Crippen LogP contribution in [-0.4, -0.2) is 0 Å². The van der Waals surface area contributed by atoms with Gasteiger partial charge in [0, 0.05) is 17.1 Å². The molecule has 0 aliphatic carbocycles. The second-order valence-corrected chi connectivity index (χ2v) is 14.5. The first-order valence-corrected chi connectivity index (χ1v) is 20.6. The Morgan fingerprint density at radius 2 is 1.38 bits per heavy atom. The van der Waals surface area contributed by atoms with Gasteiger partial charge >= 0.3 is 0 Å². The lowest BCUT2D eigenvalue weighted by atomic mass is 9.92. The first-order valence-electron chi connectivity index (χ1n) is 20.6. The van der Waals surface area contributed by atoms with Crippen molar-refractivity contribution < 1.29 is 0 Å². The van der Waals surface area contributed by atoms with Crippen molar-refractivity contribution >= 4 is 34.7 Å². The molecule has 58 heavy (non-hydrogen) atoms. The van der Waals surface area contributed by atoms with Gasteiger partial charge in [-0.05, 0) is 159 Å². The summed E-state index contributed by atoms with van der Waals surface area (Å²) >= 11 is 0. The molecule has 0 heterocycles. The highest BCUT2D eigenvalue weighted by Crippen LogP contribution is 2.38. The molecule has 4 aromatic rings. The first-order chi connectivity index (χ1) is 28.1. The molecule has 0 spiro atoms. The number of hydrogen-bond acceptors (Lipinski definition) is 1. The zero-order chi connectivity index (χ0) is 42.0. The molecule has 0 amide bonds. The predicted molar refractivity (Wildman–Crippen MR) is 260 cm³/mol. The molecule has 0 aliphatic rings. The third kappa shape index (κ3) is 11.0. The lowest BCUT2D eigenvalue weighted by Crippen LogP contribution is -2.26. The Morgan fingerprint density at radius 1 is 0.707 bits per heavy atom. The highest BCUT2D eigenvalue weighted by molar-refractivity contribution is 5.86. The molecule has 4 aromatic carbocycles. The Balaban J connectivity index is 1.97. The Morgan fingerprint density at radius 3 is 2.00 bits per heavy atom.